The van der Waals surface area contributed by atoms with Crippen molar-refractivity contribution in [2.24, 2.45) is 0 Å². The van der Waals surface area contributed by atoms with Crippen molar-refractivity contribution in [3.63, 3.8) is 0 Å². The molecule has 1 saturated heterocycles. The molecular formula is C21H19F5N2O3. The van der Waals surface area contributed by atoms with E-state index in [-0.39, 0.29) is 56.2 Å². The molecule has 2 aromatic carbocycles. The predicted octanol–water partition coefficient (Wildman–Crippen LogP) is 3.78. The Morgan fingerprint density at radius 1 is 0.871 bits per heavy atom. The Hall–Kier alpha value is -3.17. The summed E-state index contributed by atoms with van der Waals surface area (Å²) in [7, 11) is 0. The minimum absolute atomic E-state index is 0.0463. The lowest BCUT2D eigenvalue weighted by molar-refractivity contribution is -0.274. The minimum Gasteiger partial charge on any atom is -0.406 e. The monoisotopic (exact) mass is 442 g/mol. The molecule has 1 heterocycles. The molecule has 0 aliphatic carbocycles. The van der Waals surface area contributed by atoms with Gasteiger partial charge in [-0.1, -0.05) is 24.3 Å². The third-order valence-electron chi connectivity index (χ3n) is 4.90. The van der Waals surface area contributed by atoms with E-state index in [9.17, 15) is 31.5 Å². The summed E-state index contributed by atoms with van der Waals surface area (Å²) >= 11 is 0. The first-order chi connectivity index (χ1) is 14.7. The second-order valence-electron chi connectivity index (χ2n) is 6.93. The summed E-state index contributed by atoms with van der Waals surface area (Å²) in [5.74, 6) is -3.36. The van der Waals surface area contributed by atoms with E-state index in [0.29, 0.717) is 0 Å². The van der Waals surface area contributed by atoms with Gasteiger partial charge in [0.05, 0.1) is 0 Å². The molecule has 0 aromatic heterocycles. The molecule has 1 aliphatic heterocycles. The van der Waals surface area contributed by atoms with Gasteiger partial charge in [-0.3, -0.25) is 9.59 Å². The molecule has 0 saturated carbocycles. The number of amides is 2. The molecule has 1 aliphatic rings. The van der Waals surface area contributed by atoms with E-state index in [4.69, 9.17) is 0 Å². The first-order valence-electron chi connectivity index (χ1n) is 9.50. The van der Waals surface area contributed by atoms with Gasteiger partial charge in [-0.05, 0) is 30.2 Å². The number of benzene rings is 2. The van der Waals surface area contributed by atoms with Gasteiger partial charge in [-0.2, -0.15) is 0 Å². The van der Waals surface area contributed by atoms with Crippen LogP contribution in [-0.2, 0) is 11.2 Å². The van der Waals surface area contributed by atoms with Crippen LogP contribution in [0, 0.1) is 11.6 Å². The lowest BCUT2D eigenvalue weighted by Crippen LogP contribution is -2.51. The highest BCUT2D eigenvalue weighted by molar-refractivity contribution is 5.95. The molecule has 3 rings (SSSR count). The predicted molar refractivity (Wildman–Crippen MR) is 100 cm³/mol. The third kappa shape index (κ3) is 5.71. The van der Waals surface area contributed by atoms with E-state index < -0.39 is 29.5 Å². The summed E-state index contributed by atoms with van der Waals surface area (Å²) in [5.41, 5.74) is -0.388. The number of rotatable bonds is 5. The van der Waals surface area contributed by atoms with Gasteiger partial charge in [0.1, 0.15) is 22.9 Å². The van der Waals surface area contributed by atoms with Crippen molar-refractivity contribution in [1.29, 1.82) is 0 Å². The Morgan fingerprint density at radius 2 is 1.45 bits per heavy atom. The molecule has 2 amide bonds. The molecule has 0 spiro atoms. The Kier molecular flexibility index (Phi) is 6.77. The molecule has 0 atom stereocenters. The average molecular weight is 442 g/mol. The molecule has 10 heteroatoms. The molecule has 0 bridgehead atoms. The Labute approximate surface area is 175 Å². The number of para-hydroxylation sites is 1. The van der Waals surface area contributed by atoms with Crippen LogP contribution in [0.4, 0.5) is 22.0 Å². The third-order valence-corrected chi connectivity index (χ3v) is 4.90. The van der Waals surface area contributed by atoms with Crippen LogP contribution < -0.4 is 4.74 Å². The molecule has 31 heavy (non-hydrogen) atoms. The number of hydrogen-bond acceptors (Lipinski definition) is 3. The van der Waals surface area contributed by atoms with Crippen LogP contribution in [0.15, 0.2) is 42.5 Å². The number of nitrogens with zero attached hydrogens (tertiary/aromatic N) is 2. The highest BCUT2D eigenvalue weighted by Crippen LogP contribution is 2.27. The van der Waals surface area contributed by atoms with Crippen LogP contribution in [0.25, 0.3) is 0 Å². The van der Waals surface area contributed by atoms with Crippen LogP contribution >= 0.6 is 0 Å². The largest absolute Gasteiger partial charge is 0.573 e. The van der Waals surface area contributed by atoms with Gasteiger partial charge >= 0.3 is 6.36 Å². The van der Waals surface area contributed by atoms with Crippen LogP contribution in [0.3, 0.4) is 0 Å². The van der Waals surface area contributed by atoms with E-state index in [2.05, 4.69) is 4.74 Å². The molecule has 166 valence electrons. The van der Waals surface area contributed by atoms with Crippen molar-refractivity contribution < 1.29 is 36.3 Å². The number of carbonyl (C=O) groups excluding carboxylic acids is 2. The summed E-state index contributed by atoms with van der Waals surface area (Å²) in [4.78, 5) is 27.6. The summed E-state index contributed by atoms with van der Waals surface area (Å²) in [6, 6.07) is 8.74. The minimum atomic E-state index is -4.83. The first kappa shape index (κ1) is 22.5. The van der Waals surface area contributed by atoms with Crippen molar-refractivity contribution >= 4 is 11.8 Å². The summed E-state index contributed by atoms with van der Waals surface area (Å²) in [6.45, 7) is 0.487. The van der Waals surface area contributed by atoms with Gasteiger partial charge in [0, 0.05) is 32.6 Å². The zero-order valence-corrected chi connectivity index (χ0v) is 16.3. The zero-order valence-electron chi connectivity index (χ0n) is 16.3. The fourth-order valence-corrected chi connectivity index (χ4v) is 3.35. The number of carbonyl (C=O) groups is 2. The van der Waals surface area contributed by atoms with Crippen LogP contribution in [0.2, 0.25) is 0 Å². The Morgan fingerprint density at radius 3 is 2.06 bits per heavy atom. The molecule has 5 nitrogen and oxygen atoms in total. The number of ether oxygens (including phenoxy) is 1. The number of aryl methyl sites for hydroxylation is 1. The number of piperazine rings is 1. The van der Waals surface area contributed by atoms with E-state index in [1.807, 2.05) is 0 Å². The zero-order chi connectivity index (χ0) is 22.6. The summed E-state index contributed by atoms with van der Waals surface area (Å²) < 4.78 is 69.2. The maximum Gasteiger partial charge on any atom is 0.573 e. The summed E-state index contributed by atoms with van der Waals surface area (Å²) in [6.07, 6.45) is -4.83. The van der Waals surface area contributed by atoms with Crippen molar-refractivity contribution in [2.75, 3.05) is 26.2 Å². The van der Waals surface area contributed by atoms with Crippen molar-refractivity contribution in [1.82, 2.24) is 9.80 Å². The summed E-state index contributed by atoms with van der Waals surface area (Å²) in [5, 5.41) is 0. The number of alkyl halides is 3. The first-order valence-corrected chi connectivity index (χ1v) is 9.50. The van der Waals surface area contributed by atoms with E-state index >= 15 is 0 Å². The fourth-order valence-electron chi connectivity index (χ4n) is 3.35. The van der Waals surface area contributed by atoms with E-state index in [1.165, 1.54) is 28.0 Å². The molecule has 2 aromatic rings. The lowest BCUT2D eigenvalue weighted by atomic mass is 10.1. The topological polar surface area (TPSA) is 49.9 Å². The van der Waals surface area contributed by atoms with Crippen molar-refractivity contribution in [3.05, 3.63) is 65.2 Å². The van der Waals surface area contributed by atoms with Gasteiger partial charge in [-0.15, -0.1) is 13.2 Å². The number of halogens is 5. The van der Waals surface area contributed by atoms with E-state index in [0.717, 1.165) is 18.2 Å². The van der Waals surface area contributed by atoms with Gasteiger partial charge in [0.2, 0.25) is 5.91 Å². The lowest BCUT2D eigenvalue weighted by Gasteiger charge is -2.35. The van der Waals surface area contributed by atoms with Gasteiger partial charge in [0.25, 0.3) is 5.91 Å². The smallest absolute Gasteiger partial charge is 0.406 e. The van der Waals surface area contributed by atoms with Crippen molar-refractivity contribution in [2.45, 2.75) is 19.2 Å². The Bertz CT molecular complexity index is 936. The number of hydrogen-bond donors (Lipinski definition) is 0. The molecule has 0 radical (unpaired) electrons. The van der Waals surface area contributed by atoms with E-state index in [1.54, 1.807) is 6.07 Å². The standard InChI is InChI=1S/C21H19F5N2O3/c22-15-5-3-6-16(23)19(15)20(30)28-12-10-27(11-13-28)18(29)9-8-14-4-1-2-7-17(14)31-21(24,25)26/h1-7H,8-13H2. The normalized spacial score (nSPS) is 14.5. The van der Waals surface area contributed by atoms with Crippen molar-refractivity contribution in [3.8, 4) is 5.75 Å². The molecule has 0 N–H and O–H groups in total. The molecule has 1 fully saturated rings. The highest BCUT2D eigenvalue weighted by atomic mass is 19.4. The van der Waals surface area contributed by atoms with Crippen LogP contribution in [0.1, 0.15) is 22.3 Å². The quantitative estimate of drug-likeness (QED) is 0.663. The van der Waals surface area contributed by atoms with Crippen LogP contribution in [-0.4, -0.2) is 54.2 Å². The molecule has 0 unspecified atom stereocenters. The highest BCUT2D eigenvalue weighted by Gasteiger charge is 2.32. The second-order valence-corrected chi connectivity index (χ2v) is 6.93. The fraction of sp³-hybridized carbons (Fsp3) is 0.333. The van der Waals surface area contributed by atoms with Crippen LogP contribution in [0.5, 0.6) is 5.75 Å². The average Bonchev–Trinajstić information content (AvgIpc) is 2.71. The second kappa shape index (κ2) is 9.32. The van der Waals surface area contributed by atoms with Gasteiger partial charge in [-0.25, -0.2) is 8.78 Å². The van der Waals surface area contributed by atoms with Gasteiger partial charge < -0.3 is 14.5 Å². The maximum absolute atomic E-state index is 13.8. The molecular weight excluding hydrogens is 423 g/mol. The Balaban J connectivity index is 1.55. The maximum atomic E-state index is 13.8. The SMILES string of the molecule is O=C(CCc1ccccc1OC(F)(F)F)N1CCN(C(=O)c2c(F)cccc2F)CC1. The van der Waals surface area contributed by atoms with Gasteiger partial charge in [0.15, 0.2) is 0 Å².